The highest BCUT2D eigenvalue weighted by atomic mass is 16.5. The molecular formula is C19H29N3O4. The summed E-state index contributed by atoms with van der Waals surface area (Å²) in [6, 6.07) is 6.54. The maximum atomic E-state index is 12.3. The lowest BCUT2D eigenvalue weighted by Gasteiger charge is -2.36. The second-order valence-electron chi connectivity index (χ2n) is 6.73. The lowest BCUT2D eigenvalue weighted by molar-refractivity contribution is -0.146. The molecule has 1 aromatic carbocycles. The van der Waals surface area contributed by atoms with Gasteiger partial charge in [0.25, 0.3) is 0 Å². The van der Waals surface area contributed by atoms with Gasteiger partial charge in [0, 0.05) is 31.9 Å². The number of amides is 1. The third kappa shape index (κ3) is 5.36. The first-order chi connectivity index (χ1) is 12.4. The summed E-state index contributed by atoms with van der Waals surface area (Å²) in [6.45, 7) is 7.33. The van der Waals surface area contributed by atoms with E-state index in [2.05, 4.69) is 15.1 Å². The van der Waals surface area contributed by atoms with Gasteiger partial charge in [0.05, 0.1) is 13.7 Å². The summed E-state index contributed by atoms with van der Waals surface area (Å²) in [5.41, 5.74) is 1.06. The minimum absolute atomic E-state index is 0.0257. The van der Waals surface area contributed by atoms with Crippen molar-refractivity contribution in [1.82, 2.24) is 10.2 Å². The number of methoxy groups -OCH3 is 1. The van der Waals surface area contributed by atoms with E-state index in [1.807, 2.05) is 26.0 Å². The quantitative estimate of drug-likeness (QED) is 0.709. The number of nitrogens with one attached hydrogen (secondary N) is 1. The number of nitrogens with zero attached hydrogens (tertiary/aromatic N) is 2. The van der Waals surface area contributed by atoms with Crippen LogP contribution in [0.5, 0.6) is 5.75 Å². The van der Waals surface area contributed by atoms with Crippen molar-refractivity contribution in [1.29, 1.82) is 0 Å². The van der Waals surface area contributed by atoms with Crippen LogP contribution in [0.2, 0.25) is 0 Å². The summed E-state index contributed by atoms with van der Waals surface area (Å²) < 4.78 is 4.81. The second kappa shape index (κ2) is 9.43. The summed E-state index contributed by atoms with van der Waals surface area (Å²) in [5, 5.41) is 12.2. The van der Waals surface area contributed by atoms with Gasteiger partial charge < -0.3 is 20.1 Å². The molecule has 1 saturated heterocycles. The predicted molar refractivity (Wildman–Crippen MR) is 100 cm³/mol. The highest BCUT2D eigenvalue weighted by Crippen LogP contribution is 2.19. The minimum Gasteiger partial charge on any atom is -0.508 e. The highest BCUT2D eigenvalue weighted by Gasteiger charge is 2.27. The van der Waals surface area contributed by atoms with E-state index in [1.54, 1.807) is 12.1 Å². The third-order valence-electron chi connectivity index (χ3n) is 4.94. The maximum absolute atomic E-state index is 12.3. The Balaban J connectivity index is 1.83. The van der Waals surface area contributed by atoms with E-state index in [0.717, 1.165) is 38.3 Å². The molecule has 2 N–H and O–H groups in total. The van der Waals surface area contributed by atoms with Crippen LogP contribution in [0.25, 0.3) is 0 Å². The lowest BCUT2D eigenvalue weighted by atomic mass is 9.99. The van der Waals surface area contributed by atoms with Gasteiger partial charge in [0.15, 0.2) is 0 Å². The molecular weight excluding hydrogens is 334 g/mol. The number of benzene rings is 1. The number of hydrogen-bond donors (Lipinski definition) is 2. The van der Waals surface area contributed by atoms with Crippen molar-refractivity contribution in [3.63, 3.8) is 0 Å². The zero-order valence-electron chi connectivity index (χ0n) is 15.8. The summed E-state index contributed by atoms with van der Waals surface area (Å²) >= 11 is 0. The Hall–Kier alpha value is -2.28. The number of piperazine rings is 1. The van der Waals surface area contributed by atoms with Crippen LogP contribution >= 0.6 is 0 Å². The Kier molecular flexibility index (Phi) is 7.26. The standard InChI is InChI=1S/C19H29N3O4/c1-4-14(2)18(19(25)26-3)20-17(24)13-21-9-11-22(12-10-21)15-5-7-16(23)8-6-15/h5-8,14,18,23H,4,9-13H2,1-3H3,(H,20,24)/t14-,18+/m1/s1. The molecule has 26 heavy (non-hydrogen) atoms. The van der Waals surface area contributed by atoms with Gasteiger partial charge in [-0.25, -0.2) is 4.79 Å². The van der Waals surface area contributed by atoms with Crippen LogP contribution in [-0.4, -0.2) is 67.8 Å². The lowest BCUT2D eigenvalue weighted by Crippen LogP contribution is -2.52. The zero-order chi connectivity index (χ0) is 19.1. The van der Waals surface area contributed by atoms with Crippen LogP contribution in [0.3, 0.4) is 0 Å². The highest BCUT2D eigenvalue weighted by molar-refractivity contribution is 5.85. The SMILES string of the molecule is CC[C@@H](C)[C@H](NC(=O)CN1CCN(c2ccc(O)cc2)CC1)C(=O)OC. The van der Waals surface area contributed by atoms with Crippen LogP contribution in [0, 0.1) is 5.92 Å². The Morgan fingerprint density at radius 1 is 1.19 bits per heavy atom. The van der Waals surface area contributed by atoms with E-state index in [0.29, 0.717) is 0 Å². The van der Waals surface area contributed by atoms with Crippen molar-refractivity contribution in [3.8, 4) is 5.75 Å². The van der Waals surface area contributed by atoms with E-state index in [4.69, 9.17) is 4.74 Å². The first kappa shape index (κ1) is 20.0. The van der Waals surface area contributed by atoms with Crippen LogP contribution in [0.15, 0.2) is 24.3 Å². The average molecular weight is 363 g/mol. The number of esters is 1. The number of aromatic hydroxyl groups is 1. The van der Waals surface area contributed by atoms with Crippen LogP contribution in [0.1, 0.15) is 20.3 Å². The molecule has 1 aliphatic rings. The normalized spacial score (nSPS) is 17.4. The molecule has 1 aliphatic heterocycles. The Labute approximate surface area is 154 Å². The number of phenols is 1. The topological polar surface area (TPSA) is 82.1 Å². The molecule has 1 heterocycles. The molecule has 1 amide bonds. The van der Waals surface area contributed by atoms with E-state index < -0.39 is 12.0 Å². The molecule has 2 atom stereocenters. The third-order valence-corrected chi connectivity index (χ3v) is 4.94. The Morgan fingerprint density at radius 3 is 2.35 bits per heavy atom. The van der Waals surface area contributed by atoms with Gasteiger partial charge in [-0.05, 0) is 30.2 Å². The van der Waals surface area contributed by atoms with Crippen molar-refractivity contribution >= 4 is 17.6 Å². The molecule has 0 aromatic heterocycles. The number of phenolic OH excluding ortho intramolecular Hbond substituents is 1. The monoisotopic (exact) mass is 363 g/mol. The van der Waals surface area contributed by atoms with E-state index in [9.17, 15) is 14.7 Å². The Morgan fingerprint density at radius 2 is 1.81 bits per heavy atom. The summed E-state index contributed by atoms with van der Waals surface area (Å²) in [4.78, 5) is 28.5. The van der Waals surface area contributed by atoms with Gasteiger partial charge >= 0.3 is 5.97 Å². The minimum atomic E-state index is -0.601. The van der Waals surface area contributed by atoms with Crippen LogP contribution in [0.4, 0.5) is 5.69 Å². The van der Waals surface area contributed by atoms with Gasteiger partial charge in [-0.2, -0.15) is 0 Å². The number of anilines is 1. The number of ether oxygens (including phenoxy) is 1. The summed E-state index contributed by atoms with van der Waals surface area (Å²) in [5.74, 6) is -0.271. The summed E-state index contributed by atoms with van der Waals surface area (Å²) in [7, 11) is 1.34. The first-order valence-corrected chi connectivity index (χ1v) is 9.08. The van der Waals surface area contributed by atoms with Crippen molar-refractivity contribution in [3.05, 3.63) is 24.3 Å². The number of carbonyl (C=O) groups excluding carboxylic acids is 2. The molecule has 144 valence electrons. The first-order valence-electron chi connectivity index (χ1n) is 9.08. The zero-order valence-corrected chi connectivity index (χ0v) is 15.8. The molecule has 0 saturated carbocycles. The van der Waals surface area contributed by atoms with Crippen molar-refractivity contribution in [2.24, 2.45) is 5.92 Å². The molecule has 0 spiro atoms. The molecule has 2 rings (SSSR count). The molecule has 0 radical (unpaired) electrons. The smallest absolute Gasteiger partial charge is 0.328 e. The van der Waals surface area contributed by atoms with E-state index in [-0.39, 0.29) is 24.1 Å². The molecule has 0 aliphatic carbocycles. The maximum Gasteiger partial charge on any atom is 0.328 e. The predicted octanol–water partition coefficient (Wildman–Crippen LogP) is 1.22. The van der Waals surface area contributed by atoms with E-state index >= 15 is 0 Å². The molecule has 1 aromatic rings. The van der Waals surface area contributed by atoms with Crippen LogP contribution in [-0.2, 0) is 14.3 Å². The number of hydrogen-bond acceptors (Lipinski definition) is 6. The van der Waals surface area contributed by atoms with Gasteiger partial charge in [-0.15, -0.1) is 0 Å². The fourth-order valence-electron chi connectivity index (χ4n) is 3.05. The molecule has 0 unspecified atom stereocenters. The largest absolute Gasteiger partial charge is 0.508 e. The van der Waals surface area contributed by atoms with Crippen LogP contribution < -0.4 is 10.2 Å². The van der Waals surface area contributed by atoms with E-state index in [1.165, 1.54) is 7.11 Å². The van der Waals surface area contributed by atoms with Gasteiger partial charge in [-0.1, -0.05) is 20.3 Å². The number of rotatable bonds is 7. The molecule has 7 heteroatoms. The van der Waals surface area contributed by atoms with Crippen molar-refractivity contribution < 1.29 is 19.4 Å². The van der Waals surface area contributed by atoms with Crippen molar-refractivity contribution in [2.45, 2.75) is 26.3 Å². The summed E-state index contributed by atoms with van der Waals surface area (Å²) in [6.07, 6.45) is 0.783. The molecule has 1 fully saturated rings. The second-order valence-corrected chi connectivity index (χ2v) is 6.73. The average Bonchev–Trinajstić information content (AvgIpc) is 2.66. The molecule has 7 nitrogen and oxygen atoms in total. The molecule has 0 bridgehead atoms. The fraction of sp³-hybridized carbons (Fsp3) is 0.579. The van der Waals surface area contributed by atoms with Gasteiger partial charge in [0.1, 0.15) is 11.8 Å². The number of carbonyl (C=O) groups is 2. The van der Waals surface area contributed by atoms with Crippen molar-refractivity contribution in [2.75, 3.05) is 44.7 Å². The fourth-order valence-corrected chi connectivity index (χ4v) is 3.05. The van der Waals surface area contributed by atoms with Gasteiger partial charge in [0.2, 0.25) is 5.91 Å². The Bertz CT molecular complexity index is 597. The van der Waals surface area contributed by atoms with Gasteiger partial charge in [-0.3, -0.25) is 9.69 Å².